The van der Waals surface area contributed by atoms with Gasteiger partial charge in [0.1, 0.15) is 0 Å². The first-order valence-electron chi connectivity index (χ1n) is 8.26. The van der Waals surface area contributed by atoms with Crippen LogP contribution in [0.5, 0.6) is 0 Å². The molecule has 0 amide bonds. The summed E-state index contributed by atoms with van der Waals surface area (Å²) in [4.78, 5) is 0. The lowest BCUT2D eigenvalue weighted by Gasteiger charge is -2.45. The Morgan fingerprint density at radius 2 is 2.00 bits per heavy atom. The summed E-state index contributed by atoms with van der Waals surface area (Å²) in [5, 5.41) is 3.78. The van der Waals surface area contributed by atoms with Crippen LogP contribution in [0.2, 0.25) is 0 Å². The molecule has 3 nitrogen and oxygen atoms in total. The van der Waals surface area contributed by atoms with Gasteiger partial charge in [0.25, 0.3) is 0 Å². The zero-order valence-corrected chi connectivity index (χ0v) is 12.7. The summed E-state index contributed by atoms with van der Waals surface area (Å²) in [6.07, 6.45) is 8.85. The van der Waals surface area contributed by atoms with Crippen LogP contribution < -0.4 is 5.32 Å². The lowest BCUT2D eigenvalue weighted by molar-refractivity contribution is -0.131. The van der Waals surface area contributed by atoms with Crippen LogP contribution >= 0.6 is 0 Å². The summed E-state index contributed by atoms with van der Waals surface area (Å²) in [6, 6.07) is 0.515. The van der Waals surface area contributed by atoms with E-state index in [-0.39, 0.29) is 5.60 Å². The number of nitrogens with one attached hydrogen (secondary N) is 1. The first-order chi connectivity index (χ1) is 9.30. The van der Waals surface area contributed by atoms with E-state index in [1.165, 1.54) is 32.1 Å². The molecule has 0 aromatic rings. The van der Waals surface area contributed by atoms with Gasteiger partial charge < -0.3 is 14.8 Å². The molecule has 0 aromatic carbocycles. The SMILES string of the molecule is CCCNC(CC1CCC1)C1(OCC)CCOCC1. The number of hydrogen-bond acceptors (Lipinski definition) is 3. The minimum atomic E-state index is 0.0256. The lowest BCUT2D eigenvalue weighted by atomic mass is 9.74. The largest absolute Gasteiger partial charge is 0.381 e. The first-order valence-corrected chi connectivity index (χ1v) is 8.26. The van der Waals surface area contributed by atoms with Gasteiger partial charge in [-0.15, -0.1) is 0 Å². The average molecular weight is 269 g/mol. The maximum Gasteiger partial charge on any atom is 0.0878 e. The lowest BCUT2D eigenvalue weighted by Crippen LogP contribution is -2.56. The Kier molecular flexibility index (Phi) is 6.11. The summed E-state index contributed by atoms with van der Waals surface area (Å²) in [5.74, 6) is 0.925. The van der Waals surface area contributed by atoms with Gasteiger partial charge in [0.2, 0.25) is 0 Å². The summed E-state index contributed by atoms with van der Waals surface area (Å²) in [5.41, 5.74) is 0.0256. The van der Waals surface area contributed by atoms with E-state index in [0.717, 1.165) is 45.1 Å². The zero-order chi connectivity index (χ0) is 13.6. The molecule has 1 saturated heterocycles. The van der Waals surface area contributed by atoms with Crippen LogP contribution in [0, 0.1) is 5.92 Å². The van der Waals surface area contributed by atoms with Gasteiger partial charge in [-0.3, -0.25) is 0 Å². The third-order valence-electron chi connectivity index (χ3n) is 4.84. The van der Waals surface area contributed by atoms with Gasteiger partial charge in [-0.25, -0.2) is 0 Å². The fourth-order valence-corrected chi connectivity index (χ4v) is 3.46. The molecule has 1 aliphatic heterocycles. The van der Waals surface area contributed by atoms with Crippen molar-refractivity contribution in [1.29, 1.82) is 0 Å². The van der Waals surface area contributed by atoms with Crippen molar-refractivity contribution in [2.24, 2.45) is 5.92 Å². The highest BCUT2D eigenvalue weighted by Gasteiger charge is 2.42. The van der Waals surface area contributed by atoms with Crippen molar-refractivity contribution in [3.05, 3.63) is 0 Å². The van der Waals surface area contributed by atoms with Gasteiger partial charge in [0.15, 0.2) is 0 Å². The smallest absolute Gasteiger partial charge is 0.0878 e. The van der Waals surface area contributed by atoms with Crippen molar-refractivity contribution in [1.82, 2.24) is 5.32 Å². The zero-order valence-electron chi connectivity index (χ0n) is 12.7. The van der Waals surface area contributed by atoms with E-state index in [1.807, 2.05) is 0 Å². The van der Waals surface area contributed by atoms with E-state index in [4.69, 9.17) is 9.47 Å². The third-order valence-corrected chi connectivity index (χ3v) is 4.84. The predicted octanol–water partition coefficient (Wildman–Crippen LogP) is 3.13. The maximum atomic E-state index is 6.26. The molecule has 2 fully saturated rings. The topological polar surface area (TPSA) is 30.5 Å². The van der Waals surface area contributed by atoms with E-state index in [0.29, 0.717) is 6.04 Å². The molecule has 19 heavy (non-hydrogen) atoms. The third kappa shape index (κ3) is 3.93. The number of hydrogen-bond donors (Lipinski definition) is 1. The Morgan fingerprint density at radius 3 is 2.53 bits per heavy atom. The molecule has 3 heteroatoms. The van der Waals surface area contributed by atoms with E-state index >= 15 is 0 Å². The fraction of sp³-hybridized carbons (Fsp3) is 1.00. The molecule has 0 spiro atoms. The molecule has 1 atom stereocenters. The molecule has 2 rings (SSSR count). The van der Waals surface area contributed by atoms with Crippen LogP contribution in [-0.2, 0) is 9.47 Å². The highest BCUT2D eigenvalue weighted by atomic mass is 16.5. The molecule has 0 radical (unpaired) electrons. The maximum absolute atomic E-state index is 6.26. The van der Waals surface area contributed by atoms with Gasteiger partial charge in [-0.05, 0) is 32.2 Å². The summed E-state index contributed by atoms with van der Waals surface area (Å²) in [7, 11) is 0. The molecule has 1 heterocycles. The molecule has 0 aromatic heterocycles. The number of ether oxygens (including phenoxy) is 2. The van der Waals surface area contributed by atoms with Crippen LogP contribution in [0.25, 0.3) is 0 Å². The summed E-state index contributed by atoms with van der Waals surface area (Å²) < 4.78 is 11.8. The van der Waals surface area contributed by atoms with Crippen LogP contribution in [0.3, 0.4) is 0 Å². The Morgan fingerprint density at radius 1 is 1.26 bits per heavy atom. The van der Waals surface area contributed by atoms with Crippen molar-refractivity contribution in [3.63, 3.8) is 0 Å². The summed E-state index contributed by atoms with van der Waals surface area (Å²) >= 11 is 0. The standard InChI is InChI=1S/C16H31NO2/c1-3-10-17-15(13-14-6-5-7-14)16(19-4-2)8-11-18-12-9-16/h14-15,17H,3-13H2,1-2H3. The molecule has 1 aliphatic carbocycles. The highest BCUT2D eigenvalue weighted by Crippen LogP contribution is 2.37. The van der Waals surface area contributed by atoms with Gasteiger partial charge >= 0.3 is 0 Å². The Bertz CT molecular complexity index is 242. The fourth-order valence-electron chi connectivity index (χ4n) is 3.46. The van der Waals surface area contributed by atoms with Crippen molar-refractivity contribution in [3.8, 4) is 0 Å². The molecular formula is C16H31NO2. The second kappa shape index (κ2) is 7.61. The van der Waals surface area contributed by atoms with Crippen LogP contribution in [-0.4, -0.2) is 38.0 Å². The number of rotatable bonds is 8. The molecule has 1 N–H and O–H groups in total. The molecular weight excluding hydrogens is 238 g/mol. The van der Waals surface area contributed by atoms with Crippen LogP contribution in [0.15, 0.2) is 0 Å². The van der Waals surface area contributed by atoms with Gasteiger partial charge in [0.05, 0.1) is 5.60 Å². The molecule has 1 unspecified atom stereocenters. The quantitative estimate of drug-likeness (QED) is 0.734. The second-order valence-electron chi connectivity index (χ2n) is 6.15. The van der Waals surface area contributed by atoms with E-state index in [1.54, 1.807) is 0 Å². The van der Waals surface area contributed by atoms with Crippen LogP contribution in [0.4, 0.5) is 0 Å². The van der Waals surface area contributed by atoms with E-state index in [9.17, 15) is 0 Å². The minimum Gasteiger partial charge on any atom is -0.381 e. The van der Waals surface area contributed by atoms with Crippen molar-refractivity contribution < 1.29 is 9.47 Å². The normalized spacial score (nSPS) is 24.9. The van der Waals surface area contributed by atoms with Crippen molar-refractivity contribution >= 4 is 0 Å². The highest BCUT2D eigenvalue weighted by molar-refractivity contribution is 4.97. The van der Waals surface area contributed by atoms with Gasteiger partial charge in [0, 0.05) is 38.7 Å². The van der Waals surface area contributed by atoms with Crippen molar-refractivity contribution in [2.75, 3.05) is 26.4 Å². The van der Waals surface area contributed by atoms with Crippen molar-refractivity contribution in [2.45, 2.75) is 70.4 Å². The molecule has 0 bridgehead atoms. The molecule has 2 aliphatic rings. The Hall–Kier alpha value is -0.120. The monoisotopic (exact) mass is 269 g/mol. The average Bonchev–Trinajstić information content (AvgIpc) is 2.38. The molecule has 1 saturated carbocycles. The van der Waals surface area contributed by atoms with E-state index in [2.05, 4.69) is 19.2 Å². The molecule has 112 valence electrons. The minimum absolute atomic E-state index is 0.0256. The van der Waals surface area contributed by atoms with Gasteiger partial charge in [-0.2, -0.15) is 0 Å². The summed E-state index contributed by atoms with van der Waals surface area (Å²) in [6.45, 7) is 7.99. The Balaban J connectivity index is 2.01. The van der Waals surface area contributed by atoms with Gasteiger partial charge in [-0.1, -0.05) is 26.2 Å². The second-order valence-corrected chi connectivity index (χ2v) is 6.15. The first kappa shape index (κ1) is 15.3. The Labute approximate surface area is 118 Å². The van der Waals surface area contributed by atoms with E-state index < -0.39 is 0 Å². The predicted molar refractivity (Wildman–Crippen MR) is 78.4 cm³/mol. The van der Waals surface area contributed by atoms with Crippen LogP contribution in [0.1, 0.15) is 58.8 Å².